The summed E-state index contributed by atoms with van der Waals surface area (Å²) in [6.07, 6.45) is 2.66. The molecular formula is C19H24ClN5O2. The summed E-state index contributed by atoms with van der Waals surface area (Å²) < 4.78 is 5.81. The number of piperazine rings is 1. The molecule has 0 atom stereocenters. The number of oxime groups is 1. The van der Waals surface area contributed by atoms with E-state index in [0.717, 1.165) is 56.3 Å². The molecule has 144 valence electrons. The van der Waals surface area contributed by atoms with Crippen LogP contribution < -0.4 is 9.64 Å². The number of rotatable bonds is 8. The second-order valence-corrected chi connectivity index (χ2v) is 6.62. The minimum Gasteiger partial charge on any atom is -0.494 e. The van der Waals surface area contributed by atoms with Crippen LogP contribution in [0.1, 0.15) is 12.0 Å². The zero-order chi connectivity index (χ0) is 18.9. The first-order valence-electron chi connectivity index (χ1n) is 9.00. The molecule has 3 rings (SSSR count). The van der Waals surface area contributed by atoms with Gasteiger partial charge in [0.15, 0.2) is 11.0 Å². The van der Waals surface area contributed by atoms with Crippen molar-refractivity contribution in [1.82, 2.24) is 15.1 Å². The van der Waals surface area contributed by atoms with E-state index in [2.05, 4.69) is 30.0 Å². The van der Waals surface area contributed by atoms with Gasteiger partial charge in [0.05, 0.1) is 12.8 Å². The predicted molar refractivity (Wildman–Crippen MR) is 107 cm³/mol. The van der Waals surface area contributed by atoms with Crippen molar-refractivity contribution in [2.45, 2.75) is 6.42 Å². The summed E-state index contributed by atoms with van der Waals surface area (Å²) in [4.78, 5) is 9.36. The molecule has 0 bridgehead atoms. The Labute approximate surface area is 164 Å². The van der Waals surface area contributed by atoms with Gasteiger partial charge in [0.25, 0.3) is 0 Å². The van der Waals surface area contributed by atoms with Gasteiger partial charge in [-0.1, -0.05) is 16.8 Å². The Morgan fingerprint density at radius 3 is 2.52 bits per heavy atom. The summed E-state index contributed by atoms with van der Waals surface area (Å²) in [6, 6.07) is 11.5. The molecule has 1 aliphatic heterocycles. The molecule has 27 heavy (non-hydrogen) atoms. The van der Waals surface area contributed by atoms with E-state index >= 15 is 0 Å². The lowest BCUT2D eigenvalue weighted by Crippen LogP contribution is -2.47. The minimum absolute atomic E-state index is 0.426. The van der Waals surface area contributed by atoms with Gasteiger partial charge in [0, 0.05) is 32.7 Å². The molecule has 2 heterocycles. The van der Waals surface area contributed by atoms with Crippen LogP contribution in [0.25, 0.3) is 0 Å². The van der Waals surface area contributed by atoms with Crippen LogP contribution >= 0.6 is 11.6 Å². The van der Waals surface area contributed by atoms with Crippen LogP contribution in [-0.2, 0) is 4.84 Å². The fourth-order valence-electron chi connectivity index (χ4n) is 2.92. The molecule has 0 radical (unpaired) electrons. The highest BCUT2D eigenvalue weighted by Gasteiger charge is 2.17. The molecular weight excluding hydrogens is 366 g/mol. The number of benzene rings is 1. The molecule has 0 spiro atoms. The number of halogens is 1. The molecule has 1 saturated heterocycles. The van der Waals surface area contributed by atoms with E-state index in [0.29, 0.717) is 11.8 Å². The first kappa shape index (κ1) is 19.4. The smallest absolute Gasteiger partial charge is 0.151 e. The van der Waals surface area contributed by atoms with Gasteiger partial charge >= 0.3 is 0 Å². The van der Waals surface area contributed by atoms with Crippen molar-refractivity contribution < 1.29 is 9.57 Å². The van der Waals surface area contributed by atoms with Crippen LogP contribution in [0, 0.1) is 0 Å². The lowest BCUT2D eigenvalue weighted by Gasteiger charge is -2.35. The quantitative estimate of drug-likeness (QED) is 0.393. The molecule has 1 aromatic carbocycles. The third-order valence-corrected chi connectivity index (χ3v) is 4.59. The van der Waals surface area contributed by atoms with Crippen molar-refractivity contribution in [3.8, 4) is 5.75 Å². The number of aromatic nitrogens is 2. The highest BCUT2D eigenvalue weighted by molar-refractivity contribution is 6.29. The first-order valence-corrected chi connectivity index (χ1v) is 9.38. The Morgan fingerprint density at radius 2 is 1.85 bits per heavy atom. The maximum Gasteiger partial charge on any atom is 0.151 e. The van der Waals surface area contributed by atoms with E-state index in [1.165, 1.54) is 7.11 Å². The van der Waals surface area contributed by atoms with Crippen LogP contribution in [0.15, 0.2) is 41.6 Å². The molecule has 2 aromatic rings. The van der Waals surface area contributed by atoms with Crippen molar-refractivity contribution in [1.29, 1.82) is 0 Å². The van der Waals surface area contributed by atoms with E-state index in [9.17, 15) is 0 Å². The zero-order valence-electron chi connectivity index (χ0n) is 15.4. The topological polar surface area (TPSA) is 63.1 Å². The van der Waals surface area contributed by atoms with Crippen LogP contribution in [0.2, 0.25) is 5.15 Å². The highest BCUT2D eigenvalue weighted by atomic mass is 35.5. The Bertz CT molecular complexity index is 716. The number of nitrogens with zero attached hydrogens (tertiary/aromatic N) is 5. The van der Waals surface area contributed by atoms with Crippen LogP contribution in [0.5, 0.6) is 5.75 Å². The number of hydrogen-bond donors (Lipinski definition) is 0. The van der Waals surface area contributed by atoms with E-state index < -0.39 is 0 Å². The van der Waals surface area contributed by atoms with Gasteiger partial charge in [0.2, 0.25) is 0 Å². The van der Waals surface area contributed by atoms with Crippen LogP contribution in [-0.4, -0.2) is 67.8 Å². The van der Waals surface area contributed by atoms with Gasteiger partial charge in [-0.3, -0.25) is 4.90 Å². The molecule has 0 amide bonds. The van der Waals surface area contributed by atoms with Crippen molar-refractivity contribution in [2.24, 2.45) is 5.16 Å². The summed E-state index contributed by atoms with van der Waals surface area (Å²) in [5.41, 5.74) is 0.979. The summed E-state index contributed by atoms with van der Waals surface area (Å²) in [5, 5.41) is 12.2. The Kier molecular flexibility index (Phi) is 7.24. The van der Waals surface area contributed by atoms with Crippen molar-refractivity contribution in [3.63, 3.8) is 0 Å². The number of hydrogen-bond acceptors (Lipinski definition) is 7. The van der Waals surface area contributed by atoms with Gasteiger partial charge in [-0.15, -0.1) is 10.2 Å². The maximum atomic E-state index is 5.81. The second-order valence-electron chi connectivity index (χ2n) is 6.23. The summed E-state index contributed by atoms with van der Waals surface area (Å²) in [6.45, 7) is 5.64. The third kappa shape index (κ3) is 6.08. The lowest BCUT2D eigenvalue weighted by atomic mass is 10.2. The van der Waals surface area contributed by atoms with Crippen LogP contribution in [0.4, 0.5) is 5.82 Å². The van der Waals surface area contributed by atoms with E-state index in [1.54, 1.807) is 12.3 Å². The minimum atomic E-state index is 0.426. The van der Waals surface area contributed by atoms with E-state index in [4.69, 9.17) is 16.3 Å². The largest absolute Gasteiger partial charge is 0.494 e. The van der Waals surface area contributed by atoms with Gasteiger partial charge in [-0.05, 0) is 48.4 Å². The van der Waals surface area contributed by atoms with Crippen molar-refractivity contribution >= 4 is 23.6 Å². The molecule has 1 fully saturated rings. The van der Waals surface area contributed by atoms with Gasteiger partial charge < -0.3 is 14.5 Å². The highest BCUT2D eigenvalue weighted by Crippen LogP contribution is 2.15. The normalized spacial score (nSPS) is 15.3. The Hall–Kier alpha value is -2.38. The molecule has 1 aliphatic rings. The fraction of sp³-hybridized carbons (Fsp3) is 0.421. The standard InChI is InChI=1S/C19H24ClN5O2/c1-26-21-15-16-3-5-17(6-4-16)27-14-2-9-24-10-12-25(13-11-24)19-8-7-18(20)22-23-19/h3-8,15H,2,9-14H2,1H3/b21-15+. The van der Waals surface area contributed by atoms with E-state index in [1.807, 2.05) is 30.3 Å². The predicted octanol–water partition coefficient (Wildman–Crippen LogP) is 2.70. The number of anilines is 1. The molecule has 0 unspecified atom stereocenters. The molecule has 1 aromatic heterocycles. The molecule has 7 nitrogen and oxygen atoms in total. The average molecular weight is 390 g/mol. The van der Waals surface area contributed by atoms with Gasteiger partial charge in [-0.25, -0.2) is 0 Å². The third-order valence-electron chi connectivity index (χ3n) is 4.39. The Balaban J connectivity index is 1.33. The SMILES string of the molecule is CO/N=C/c1ccc(OCCCN2CCN(c3ccc(Cl)nn3)CC2)cc1. The molecule has 0 N–H and O–H groups in total. The average Bonchev–Trinajstić information content (AvgIpc) is 2.72. The van der Waals surface area contributed by atoms with Gasteiger partial charge in [0.1, 0.15) is 12.9 Å². The molecule has 0 aliphatic carbocycles. The maximum absolute atomic E-state index is 5.81. The van der Waals surface area contributed by atoms with E-state index in [-0.39, 0.29) is 0 Å². The number of ether oxygens (including phenoxy) is 1. The summed E-state index contributed by atoms with van der Waals surface area (Å²) >= 11 is 5.79. The van der Waals surface area contributed by atoms with Crippen molar-refractivity contribution in [2.75, 3.05) is 51.3 Å². The second kappa shape index (κ2) is 10.1. The summed E-state index contributed by atoms with van der Waals surface area (Å²) in [5.74, 6) is 1.76. The monoisotopic (exact) mass is 389 g/mol. The zero-order valence-corrected chi connectivity index (χ0v) is 16.2. The molecule has 8 heteroatoms. The lowest BCUT2D eigenvalue weighted by molar-refractivity contribution is 0.215. The molecule has 0 saturated carbocycles. The summed E-state index contributed by atoms with van der Waals surface area (Å²) in [7, 11) is 1.53. The van der Waals surface area contributed by atoms with Crippen LogP contribution in [0.3, 0.4) is 0 Å². The fourth-order valence-corrected chi connectivity index (χ4v) is 3.02. The Morgan fingerprint density at radius 1 is 1.07 bits per heavy atom. The first-order chi connectivity index (χ1) is 13.2. The van der Waals surface area contributed by atoms with Crippen molar-refractivity contribution in [3.05, 3.63) is 47.1 Å². The van der Waals surface area contributed by atoms with Gasteiger partial charge in [-0.2, -0.15) is 0 Å².